The maximum absolute atomic E-state index is 12.6. The Morgan fingerprint density at radius 1 is 1.36 bits per heavy atom. The topological polar surface area (TPSA) is 77.0 Å². The van der Waals surface area contributed by atoms with E-state index in [2.05, 4.69) is 9.97 Å². The highest BCUT2D eigenvalue weighted by Crippen LogP contribution is 2.33. The van der Waals surface area contributed by atoms with Crippen LogP contribution in [0.15, 0.2) is 30.6 Å². The van der Waals surface area contributed by atoms with Gasteiger partial charge in [-0.3, -0.25) is 9.59 Å². The predicted molar refractivity (Wildman–Crippen MR) is 81.3 cm³/mol. The van der Waals surface area contributed by atoms with Gasteiger partial charge in [-0.2, -0.15) is 0 Å². The SMILES string of the molecule is CC(=O)Oc1c(C(=O)c2nccn2C)[nH]c2cc(Cl)ccc12. The Bertz CT molecular complexity index is 895. The minimum absolute atomic E-state index is 0.168. The van der Waals surface area contributed by atoms with Gasteiger partial charge in [0.15, 0.2) is 11.6 Å². The fourth-order valence-corrected chi connectivity index (χ4v) is 2.42. The highest BCUT2D eigenvalue weighted by molar-refractivity contribution is 6.31. The number of H-pyrrole nitrogens is 1. The summed E-state index contributed by atoms with van der Waals surface area (Å²) >= 11 is 5.96. The third-order valence-electron chi connectivity index (χ3n) is 3.21. The summed E-state index contributed by atoms with van der Waals surface area (Å²) in [4.78, 5) is 31.0. The third-order valence-corrected chi connectivity index (χ3v) is 3.45. The first-order valence-electron chi connectivity index (χ1n) is 6.49. The number of hydrogen-bond donors (Lipinski definition) is 1. The first kappa shape index (κ1) is 14.3. The number of halogens is 1. The number of aryl methyl sites for hydroxylation is 1. The fourth-order valence-electron chi connectivity index (χ4n) is 2.25. The predicted octanol–water partition coefficient (Wildman–Crippen LogP) is 2.71. The molecule has 0 aliphatic carbocycles. The van der Waals surface area contributed by atoms with Crippen molar-refractivity contribution < 1.29 is 14.3 Å². The number of ether oxygens (including phenoxy) is 1. The molecule has 0 unspecified atom stereocenters. The second-order valence-electron chi connectivity index (χ2n) is 4.80. The van der Waals surface area contributed by atoms with Gasteiger partial charge in [0.1, 0.15) is 5.69 Å². The Hall–Kier alpha value is -2.60. The summed E-state index contributed by atoms with van der Waals surface area (Å²) in [6, 6.07) is 5.03. The molecule has 0 radical (unpaired) electrons. The summed E-state index contributed by atoms with van der Waals surface area (Å²) in [6.07, 6.45) is 3.19. The molecule has 3 aromatic rings. The molecule has 22 heavy (non-hydrogen) atoms. The molecular weight excluding hydrogens is 306 g/mol. The lowest BCUT2D eigenvalue weighted by Gasteiger charge is -2.04. The summed E-state index contributed by atoms with van der Waals surface area (Å²) in [5.41, 5.74) is 0.781. The molecule has 0 aliphatic heterocycles. The highest BCUT2D eigenvalue weighted by Gasteiger charge is 2.24. The number of fused-ring (bicyclic) bond motifs is 1. The summed E-state index contributed by atoms with van der Waals surface area (Å²) < 4.78 is 6.82. The van der Waals surface area contributed by atoms with Crippen molar-refractivity contribution in [1.29, 1.82) is 0 Å². The molecule has 0 spiro atoms. The second kappa shape index (κ2) is 5.31. The van der Waals surface area contributed by atoms with Crippen LogP contribution in [0.1, 0.15) is 23.2 Å². The smallest absolute Gasteiger partial charge is 0.308 e. The Morgan fingerprint density at radius 2 is 2.14 bits per heavy atom. The van der Waals surface area contributed by atoms with E-state index in [9.17, 15) is 9.59 Å². The van der Waals surface area contributed by atoms with Crippen molar-refractivity contribution in [3.63, 3.8) is 0 Å². The molecule has 2 heterocycles. The van der Waals surface area contributed by atoms with Crippen molar-refractivity contribution in [2.75, 3.05) is 0 Å². The average Bonchev–Trinajstić information content (AvgIpc) is 3.02. The van der Waals surface area contributed by atoms with Crippen LogP contribution in [0.25, 0.3) is 10.9 Å². The quantitative estimate of drug-likeness (QED) is 0.595. The number of esters is 1. The molecule has 1 aromatic carbocycles. The number of aromatic nitrogens is 3. The van der Waals surface area contributed by atoms with Crippen LogP contribution in [0.5, 0.6) is 5.75 Å². The monoisotopic (exact) mass is 317 g/mol. The van der Waals surface area contributed by atoms with Crippen LogP contribution in [0.2, 0.25) is 5.02 Å². The number of nitrogens with one attached hydrogen (secondary N) is 1. The second-order valence-corrected chi connectivity index (χ2v) is 5.24. The molecule has 3 rings (SSSR count). The van der Waals surface area contributed by atoms with Crippen molar-refractivity contribution in [2.45, 2.75) is 6.92 Å². The first-order valence-corrected chi connectivity index (χ1v) is 6.87. The van der Waals surface area contributed by atoms with E-state index >= 15 is 0 Å². The van der Waals surface area contributed by atoms with Crippen molar-refractivity contribution in [1.82, 2.24) is 14.5 Å². The summed E-state index contributed by atoms with van der Waals surface area (Å²) in [6.45, 7) is 1.28. The van der Waals surface area contributed by atoms with Crippen LogP contribution in [0, 0.1) is 0 Å². The van der Waals surface area contributed by atoms with E-state index in [4.69, 9.17) is 16.3 Å². The summed E-state index contributed by atoms with van der Waals surface area (Å²) in [5, 5.41) is 1.12. The molecule has 7 heteroatoms. The van der Waals surface area contributed by atoms with E-state index in [0.29, 0.717) is 15.9 Å². The van der Waals surface area contributed by atoms with Crippen LogP contribution < -0.4 is 4.74 Å². The van der Waals surface area contributed by atoms with E-state index in [1.165, 1.54) is 13.1 Å². The normalized spacial score (nSPS) is 10.9. The van der Waals surface area contributed by atoms with E-state index < -0.39 is 5.97 Å². The third kappa shape index (κ3) is 2.37. The highest BCUT2D eigenvalue weighted by atomic mass is 35.5. The maximum atomic E-state index is 12.6. The maximum Gasteiger partial charge on any atom is 0.308 e. The number of carbonyl (C=O) groups is 2. The number of carbonyl (C=O) groups excluding carboxylic acids is 2. The molecule has 0 aliphatic rings. The lowest BCUT2D eigenvalue weighted by Crippen LogP contribution is -2.12. The number of benzene rings is 1. The van der Waals surface area contributed by atoms with Crippen molar-refractivity contribution in [3.8, 4) is 5.75 Å². The fraction of sp³-hybridized carbons (Fsp3) is 0.133. The van der Waals surface area contributed by atoms with Gasteiger partial charge in [0.2, 0.25) is 5.78 Å². The van der Waals surface area contributed by atoms with Gasteiger partial charge >= 0.3 is 5.97 Å². The summed E-state index contributed by atoms with van der Waals surface area (Å²) in [7, 11) is 1.71. The van der Waals surface area contributed by atoms with Gasteiger partial charge in [-0.25, -0.2) is 4.98 Å². The van der Waals surface area contributed by atoms with E-state index in [1.807, 2.05) is 0 Å². The Morgan fingerprint density at radius 3 is 2.77 bits per heavy atom. The van der Waals surface area contributed by atoms with Crippen molar-refractivity contribution in [3.05, 3.63) is 47.1 Å². The van der Waals surface area contributed by atoms with Crippen LogP contribution >= 0.6 is 11.6 Å². The first-order chi connectivity index (χ1) is 10.5. The van der Waals surface area contributed by atoms with E-state index in [1.54, 1.807) is 36.0 Å². The standard InChI is InChI=1S/C15H12ClN3O3/c1-8(20)22-14-10-4-3-9(16)7-11(10)18-12(14)13(21)15-17-5-6-19(15)2/h3-7,18H,1-2H3. The zero-order valence-electron chi connectivity index (χ0n) is 11.9. The number of imidazole rings is 1. The zero-order chi connectivity index (χ0) is 15.9. The van der Waals surface area contributed by atoms with Crippen molar-refractivity contribution in [2.24, 2.45) is 7.05 Å². The number of nitrogens with zero attached hydrogens (tertiary/aromatic N) is 2. The number of aromatic amines is 1. The van der Waals surface area contributed by atoms with Crippen LogP contribution in [-0.4, -0.2) is 26.3 Å². The zero-order valence-corrected chi connectivity index (χ0v) is 12.6. The largest absolute Gasteiger partial charge is 0.424 e. The average molecular weight is 318 g/mol. The molecule has 0 amide bonds. The van der Waals surface area contributed by atoms with Crippen molar-refractivity contribution >= 4 is 34.3 Å². The van der Waals surface area contributed by atoms with Gasteiger partial charge in [0, 0.05) is 36.8 Å². The van der Waals surface area contributed by atoms with Gasteiger partial charge in [-0.05, 0) is 18.2 Å². The lowest BCUT2D eigenvalue weighted by atomic mass is 10.2. The molecule has 0 saturated heterocycles. The summed E-state index contributed by atoms with van der Waals surface area (Å²) in [5.74, 6) is -0.445. The molecule has 6 nitrogen and oxygen atoms in total. The molecule has 0 bridgehead atoms. The number of hydrogen-bond acceptors (Lipinski definition) is 4. The van der Waals surface area contributed by atoms with Gasteiger partial charge in [-0.15, -0.1) is 0 Å². The molecule has 0 saturated carbocycles. The lowest BCUT2D eigenvalue weighted by molar-refractivity contribution is -0.131. The number of rotatable bonds is 3. The minimum Gasteiger partial charge on any atom is -0.424 e. The van der Waals surface area contributed by atoms with Gasteiger partial charge in [0.25, 0.3) is 0 Å². The van der Waals surface area contributed by atoms with E-state index in [0.717, 1.165) is 0 Å². The van der Waals surface area contributed by atoms with E-state index in [-0.39, 0.29) is 23.1 Å². The minimum atomic E-state index is -0.509. The molecular formula is C15H12ClN3O3. The van der Waals surface area contributed by atoms with Gasteiger partial charge in [0.05, 0.1) is 5.52 Å². The molecule has 0 atom stereocenters. The van der Waals surface area contributed by atoms with Gasteiger partial charge in [-0.1, -0.05) is 11.6 Å². The molecule has 0 fully saturated rings. The van der Waals surface area contributed by atoms with Gasteiger partial charge < -0.3 is 14.3 Å². The molecule has 112 valence electrons. The molecule has 1 N–H and O–H groups in total. The van der Waals surface area contributed by atoms with Crippen LogP contribution in [0.3, 0.4) is 0 Å². The number of ketones is 1. The Kier molecular flexibility index (Phi) is 3.46. The molecule has 2 aromatic heterocycles. The Balaban J connectivity index is 2.21. The Labute approximate surface area is 130 Å². The van der Waals surface area contributed by atoms with Crippen LogP contribution in [0.4, 0.5) is 0 Å². The van der Waals surface area contributed by atoms with Crippen LogP contribution in [-0.2, 0) is 11.8 Å².